The zero-order valence-corrected chi connectivity index (χ0v) is 12.0. The second-order valence-electron chi connectivity index (χ2n) is 5.49. The number of carbonyl (C=O) groups is 1. The first-order valence-electron chi connectivity index (χ1n) is 6.84. The summed E-state index contributed by atoms with van der Waals surface area (Å²) >= 11 is 0. The van der Waals surface area contributed by atoms with E-state index in [2.05, 4.69) is 32.6 Å². The molecule has 1 aliphatic carbocycles. The van der Waals surface area contributed by atoms with Gasteiger partial charge >= 0.3 is 5.97 Å². The minimum atomic E-state index is -0.0602. The summed E-state index contributed by atoms with van der Waals surface area (Å²) < 4.78 is 5.13. The van der Waals surface area contributed by atoms with Gasteiger partial charge in [-0.2, -0.15) is 0 Å². The molecule has 0 spiro atoms. The fraction of sp³-hybridized carbons (Fsp3) is 0.929. The normalized spacial score (nSPS) is 21.1. The Kier molecular flexibility index (Phi) is 4.59. The molecule has 1 fully saturated rings. The van der Waals surface area contributed by atoms with Gasteiger partial charge in [-0.05, 0) is 45.2 Å². The van der Waals surface area contributed by atoms with Crippen LogP contribution >= 0.6 is 0 Å². The molecule has 0 aliphatic heterocycles. The molecule has 0 radical (unpaired) electrons. The number of nitrogens with zero attached hydrogens (tertiary/aromatic N) is 1. The summed E-state index contributed by atoms with van der Waals surface area (Å²) in [5.74, 6) is -0.0602. The molecule has 0 aromatic heterocycles. The minimum Gasteiger partial charge on any atom is -0.466 e. The predicted molar refractivity (Wildman–Crippen MR) is 69.9 cm³/mol. The average Bonchev–Trinajstić information content (AvgIpc) is 3.00. The Morgan fingerprint density at radius 1 is 1.29 bits per heavy atom. The number of rotatable bonds is 7. The molecule has 0 N–H and O–H groups in total. The van der Waals surface area contributed by atoms with Gasteiger partial charge in [0.1, 0.15) is 0 Å². The van der Waals surface area contributed by atoms with E-state index < -0.39 is 0 Å². The Morgan fingerprint density at radius 2 is 1.82 bits per heavy atom. The molecule has 100 valence electrons. The smallest absolute Gasteiger partial charge is 0.307 e. The third-order valence-corrected chi connectivity index (χ3v) is 4.56. The molecule has 0 amide bonds. The summed E-state index contributed by atoms with van der Waals surface area (Å²) in [4.78, 5) is 14.2. The largest absolute Gasteiger partial charge is 0.466 e. The van der Waals surface area contributed by atoms with Crippen molar-refractivity contribution in [2.75, 3.05) is 19.7 Å². The zero-order chi connectivity index (χ0) is 13.1. The van der Waals surface area contributed by atoms with Crippen molar-refractivity contribution in [3.8, 4) is 0 Å². The standard InChI is InChI=1S/C14H27NO2/c1-6-15(7-2)14(5,13(4)9-10-13)11-12(16)17-8-3/h6-11H2,1-5H3. The van der Waals surface area contributed by atoms with Crippen LogP contribution in [-0.2, 0) is 9.53 Å². The van der Waals surface area contributed by atoms with Crippen LogP contribution in [0.5, 0.6) is 0 Å². The van der Waals surface area contributed by atoms with Crippen molar-refractivity contribution < 1.29 is 9.53 Å². The van der Waals surface area contributed by atoms with E-state index in [0.29, 0.717) is 13.0 Å². The SMILES string of the molecule is CCOC(=O)CC(C)(N(CC)CC)C1(C)CC1. The highest BCUT2D eigenvalue weighted by molar-refractivity contribution is 5.71. The third kappa shape index (κ3) is 2.82. The molecule has 1 saturated carbocycles. The van der Waals surface area contributed by atoms with Gasteiger partial charge in [0, 0.05) is 5.54 Å². The third-order valence-electron chi connectivity index (χ3n) is 4.56. The molecule has 1 atom stereocenters. The molecule has 0 saturated heterocycles. The van der Waals surface area contributed by atoms with Crippen molar-refractivity contribution in [2.24, 2.45) is 5.41 Å². The lowest BCUT2D eigenvalue weighted by Gasteiger charge is -2.45. The maximum Gasteiger partial charge on any atom is 0.307 e. The van der Waals surface area contributed by atoms with Gasteiger partial charge in [-0.3, -0.25) is 9.69 Å². The van der Waals surface area contributed by atoms with E-state index in [-0.39, 0.29) is 16.9 Å². The van der Waals surface area contributed by atoms with Crippen LogP contribution in [0.4, 0.5) is 0 Å². The highest BCUT2D eigenvalue weighted by atomic mass is 16.5. The summed E-state index contributed by atoms with van der Waals surface area (Å²) in [5, 5.41) is 0. The van der Waals surface area contributed by atoms with Crippen molar-refractivity contribution in [3.05, 3.63) is 0 Å². The van der Waals surface area contributed by atoms with E-state index >= 15 is 0 Å². The fourth-order valence-electron chi connectivity index (χ4n) is 2.85. The Labute approximate surface area is 106 Å². The first kappa shape index (κ1) is 14.5. The second-order valence-corrected chi connectivity index (χ2v) is 5.49. The van der Waals surface area contributed by atoms with Crippen LogP contribution in [-0.4, -0.2) is 36.1 Å². The topological polar surface area (TPSA) is 29.5 Å². The van der Waals surface area contributed by atoms with Gasteiger partial charge < -0.3 is 4.74 Å². The van der Waals surface area contributed by atoms with Crippen molar-refractivity contribution in [1.29, 1.82) is 0 Å². The maximum absolute atomic E-state index is 11.8. The van der Waals surface area contributed by atoms with Gasteiger partial charge in [-0.25, -0.2) is 0 Å². The molecular formula is C14H27NO2. The monoisotopic (exact) mass is 241 g/mol. The van der Waals surface area contributed by atoms with Gasteiger partial charge in [0.05, 0.1) is 13.0 Å². The molecule has 0 bridgehead atoms. The highest BCUT2D eigenvalue weighted by Gasteiger charge is 2.56. The lowest BCUT2D eigenvalue weighted by molar-refractivity contribution is -0.148. The zero-order valence-electron chi connectivity index (χ0n) is 12.0. The average molecular weight is 241 g/mol. The van der Waals surface area contributed by atoms with Gasteiger partial charge in [-0.1, -0.05) is 20.8 Å². The van der Waals surface area contributed by atoms with Crippen molar-refractivity contribution >= 4 is 5.97 Å². The van der Waals surface area contributed by atoms with Crippen LogP contribution in [0.15, 0.2) is 0 Å². The van der Waals surface area contributed by atoms with Crippen LogP contribution in [0, 0.1) is 5.41 Å². The molecule has 0 aromatic rings. The van der Waals surface area contributed by atoms with Gasteiger partial charge in [-0.15, -0.1) is 0 Å². The quantitative estimate of drug-likeness (QED) is 0.642. The first-order chi connectivity index (χ1) is 7.93. The van der Waals surface area contributed by atoms with Crippen LogP contribution < -0.4 is 0 Å². The highest BCUT2D eigenvalue weighted by Crippen LogP contribution is 2.57. The first-order valence-corrected chi connectivity index (χ1v) is 6.84. The lowest BCUT2D eigenvalue weighted by atomic mass is 9.79. The Morgan fingerprint density at radius 3 is 2.18 bits per heavy atom. The van der Waals surface area contributed by atoms with E-state index in [1.165, 1.54) is 12.8 Å². The number of ether oxygens (including phenoxy) is 1. The number of carbonyl (C=O) groups excluding carboxylic acids is 1. The molecule has 0 heterocycles. The van der Waals surface area contributed by atoms with Gasteiger partial charge in [0.15, 0.2) is 0 Å². The summed E-state index contributed by atoms with van der Waals surface area (Å²) in [6.07, 6.45) is 2.96. The van der Waals surface area contributed by atoms with Crippen LogP contribution in [0.3, 0.4) is 0 Å². The lowest BCUT2D eigenvalue weighted by Crippen LogP contribution is -2.53. The van der Waals surface area contributed by atoms with E-state index in [1.54, 1.807) is 0 Å². The molecule has 1 aliphatic rings. The Balaban J connectivity index is 2.83. The summed E-state index contributed by atoms with van der Waals surface area (Å²) in [6.45, 7) is 13.2. The number of hydrogen-bond donors (Lipinski definition) is 0. The van der Waals surface area contributed by atoms with E-state index in [9.17, 15) is 4.79 Å². The number of esters is 1. The van der Waals surface area contributed by atoms with Crippen molar-refractivity contribution in [2.45, 2.75) is 59.4 Å². The molecule has 0 aromatic carbocycles. The molecule has 3 nitrogen and oxygen atoms in total. The van der Waals surface area contributed by atoms with Crippen LogP contribution in [0.2, 0.25) is 0 Å². The van der Waals surface area contributed by atoms with Crippen LogP contribution in [0.1, 0.15) is 53.9 Å². The fourth-order valence-corrected chi connectivity index (χ4v) is 2.85. The van der Waals surface area contributed by atoms with Crippen molar-refractivity contribution in [1.82, 2.24) is 4.90 Å². The molecule has 3 heteroatoms. The van der Waals surface area contributed by atoms with Gasteiger partial charge in [0.25, 0.3) is 0 Å². The molecule has 1 unspecified atom stereocenters. The summed E-state index contributed by atoms with van der Waals surface area (Å²) in [7, 11) is 0. The van der Waals surface area contributed by atoms with E-state index in [0.717, 1.165) is 13.1 Å². The Hall–Kier alpha value is -0.570. The van der Waals surface area contributed by atoms with E-state index in [4.69, 9.17) is 4.74 Å². The molecular weight excluding hydrogens is 214 g/mol. The van der Waals surface area contributed by atoms with Crippen LogP contribution in [0.25, 0.3) is 0 Å². The molecule has 1 rings (SSSR count). The minimum absolute atomic E-state index is 0.0528. The summed E-state index contributed by atoms with van der Waals surface area (Å²) in [6, 6.07) is 0. The number of hydrogen-bond acceptors (Lipinski definition) is 3. The summed E-state index contributed by atoms with van der Waals surface area (Å²) in [5.41, 5.74) is 0.231. The van der Waals surface area contributed by atoms with E-state index in [1.807, 2.05) is 6.92 Å². The predicted octanol–water partition coefficient (Wildman–Crippen LogP) is 2.84. The Bertz CT molecular complexity index is 269. The maximum atomic E-state index is 11.8. The van der Waals surface area contributed by atoms with Crippen molar-refractivity contribution in [3.63, 3.8) is 0 Å². The second kappa shape index (κ2) is 5.38. The van der Waals surface area contributed by atoms with Gasteiger partial charge in [0.2, 0.25) is 0 Å². The molecule has 17 heavy (non-hydrogen) atoms.